The molecule has 0 aliphatic carbocycles. The fourth-order valence-electron chi connectivity index (χ4n) is 1.83. The van der Waals surface area contributed by atoms with E-state index in [0.717, 1.165) is 15.6 Å². The number of pyridine rings is 1. The van der Waals surface area contributed by atoms with Gasteiger partial charge in [0.25, 0.3) is 0 Å². The van der Waals surface area contributed by atoms with Crippen LogP contribution in [0, 0.1) is 0 Å². The number of benzene rings is 1. The van der Waals surface area contributed by atoms with Gasteiger partial charge in [-0.2, -0.15) is 0 Å². The lowest BCUT2D eigenvalue weighted by molar-refractivity contribution is -0.113. The fraction of sp³-hybridized carbons (Fsp3) is 0.0625. The number of amides is 1. The molecule has 0 fully saturated rings. The topological polar surface area (TPSA) is 54.9 Å². The number of hydrogen-bond acceptors (Lipinski definition) is 5. The van der Waals surface area contributed by atoms with E-state index in [0.29, 0.717) is 15.9 Å². The fourth-order valence-corrected chi connectivity index (χ4v) is 3.71. The molecule has 1 aromatic carbocycles. The molecule has 0 bridgehead atoms. The second-order valence-corrected chi connectivity index (χ2v) is 7.66. The van der Waals surface area contributed by atoms with Crippen LogP contribution in [0.5, 0.6) is 0 Å². The Bertz CT molecular complexity index is 835. The molecule has 0 saturated heterocycles. The predicted molar refractivity (Wildman–Crippen MR) is 101 cm³/mol. The molecule has 1 amide bonds. The average Bonchev–Trinajstić information content (AvgIpc) is 3.05. The van der Waals surface area contributed by atoms with E-state index in [-0.39, 0.29) is 11.7 Å². The molecule has 0 aliphatic heterocycles. The smallest absolute Gasteiger partial charge is 0.235 e. The molecule has 0 aliphatic rings. The Kier molecular flexibility index (Phi) is 5.73. The molecule has 24 heavy (non-hydrogen) atoms. The number of rotatable bonds is 5. The monoisotopic (exact) mass is 395 g/mol. The van der Waals surface area contributed by atoms with Gasteiger partial charge in [0.05, 0.1) is 16.5 Å². The summed E-state index contributed by atoms with van der Waals surface area (Å²) in [5.41, 5.74) is 1.87. The zero-order valence-electron chi connectivity index (χ0n) is 12.2. The Morgan fingerprint density at radius 1 is 1.12 bits per heavy atom. The maximum Gasteiger partial charge on any atom is 0.235 e. The first-order valence-corrected chi connectivity index (χ1v) is 9.48. The molecule has 2 aromatic heterocycles. The lowest BCUT2D eigenvalue weighted by Crippen LogP contribution is -2.14. The van der Waals surface area contributed by atoms with Crippen molar-refractivity contribution in [2.45, 2.75) is 4.34 Å². The van der Waals surface area contributed by atoms with Gasteiger partial charge in [0.15, 0.2) is 4.34 Å². The van der Waals surface area contributed by atoms with Crippen molar-refractivity contribution in [3.8, 4) is 11.3 Å². The van der Waals surface area contributed by atoms with Crippen LogP contribution in [-0.2, 0) is 4.79 Å². The third kappa shape index (κ3) is 4.70. The zero-order valence-corrected chi connectivity index (χ0v) is 15.3. The van der Waals surface area contributed by atoms with Gasteiger partial charge in [0.2, 0.25) is 5.91 Å². The van der Waals surface area contributed by atoms with Crippen molar-refractivity contribution in [3.05, 3.63) is 58.0 Å². The van der Waals surface area contributed by atoms with E-state index in [1.165, 1.54) is 29.3 Å². The van der Waals surface area contributed by atoms with Gasteiger partial charge in [-0.25, -0.2) is 9.97 Å². The summed E-state index contributed by atoms with van der Waals surface area (Å²) < 4.78 is 0.833. The Morgan fingerprint density at radius 3 is 2.58 bits per heavy atom. The molecule has 8 heteroatoms. The van der Waals surface area contributed by atoms with Crippen LogP contribution in [0.3, 0.4) is 0 Å². The van der Waals surface area contributed by atoms with E-state index in [4.69, 9.17) is 23.2 Å². The lowest BCUT2D eigenvalue weighted by atomic mass is 10.2. The van der Waals surface area contributed by atoms with E-state index < -0.39 is 0 Å². The summed E-state index contributed by atoms with van der Waals surface area (Å²) in [7, 11) is 0. The van der Waals surface area contributed by atoms with Gasteiger partial charge >= 0.3 is 0 Å². The van der Waals surface area contributed by atoms with Crippen LogP contribution in [0.2, 0.25) is 10.0 Å². The van der Waals surface area contributed by atoms with E-state index in [2.05, 4.69) is 15.3 Å². The van der Waals surface area contributed by atoms with Crippen LogP contribution >= 0.6 is 46.3 Å². The highest BCUT2D eigenvalue weighted by atomic mass is 35.5. The van der Waals surface area contributed by atoms with Crippen molar-refractivity contribution in [1.82, 2.24) is 9.97 Å². The summed E-state index contributed by atoms with van der Waals surface area (Å²) in [6.07, 6.45) is 1.49. The Balaban J connectivity index is 1.56. The first-order valence-electron chi connectivity index (χ1n) is 6.86. The molecule has 1 N–H and O–H groups in total. The molecular formula is C16H11Cl2N3OS2. The molecule has 3 rings (SSSR count). The first-order chi connectivity index (χ1) is 11.6. The van der Waals surface area contributed by atoms with Gasteiger partial charge in [-0.3, -0.25) is 4.79 Å². The molecule has 0 radical (unpaired) electrons. The maximum atomic E-state index is 11.9. The minimum absolute atomic E-state index is 0.141. The molecule has 0 atom stereocenters. The van der Waals surface area contributed by atoms with Gasteiger partial charge in [0.1, 0.15) is 5.82 Å². The number of thioether (sulfide) groups is 1. The minimum Gasteiger partial charge on any atom is -0.310 e. The number of hydrogen-bond donors (Lipinski definition) is 1. The third-order valence-corrected chi connectivity index (χ3v) is 5.44. The van der Waals surface area contributed by atoms with Crippen molar-refractivity contribution in [3.63, 3.8) is 0 Å². The largest absolute Gasteiger partial charge is 0.310 e. The van der Waals surface area contributed by atoms with Gasteiger partial charge in [-0.15, -0.1) is 11.3 Å². The number of thiazole rings is 1. The van der Waals surface area contributed by atoms with Crippen molar-refractivity contribution in [2.24, 2.45) is 0 Å². The molecule has 0 unspecified atom stereocenters. The van der Waals surface area contributed by atoms with E-state index in [9.17, 15) is 4.79 Å². The highest BCUT2D eigenvalue weighted by molar-refractivity contribution is 8.01. The summed E-state index contributed by atoms with van der Waals surface area (Å²) in [6.45, 7) is 0. The van der Waals surface area contributed by atoms with Gasteiger partial charge in [-0.05, 0) is 24.3 Å². The lowest BCUT2D eigenvalue weighted by Gasteiger charge is -2.03. The van der Waals surface area contributed by atoms with Crippen LogP contribution in [0.4, 0.5) is 5.82 Å². The molecular weight excluding hydrogens is 385 g/mol. The number of aromatic nitrogens is 2. The quantitative estimate of drug-likeness (QED) is 0.599. The molecule has 122 valence electrons. The van der Waals surface area contributed by atoms with Crippen LogP contribution in [0.1, 0.15) is 0 Å². The number of anilines is 1. The molecule has 0 spiro atoms. The molecule has 0 saturated carbocycles. The van der Waals surface area contributed by atoms with Crippen molar-refractivity contribution >= 4 is 58.0 Å². The van der Waals surface area contributed by atoms with Gasteiger partial charge in [-0.1, -0.05) is 47.1 Å². The van der Waals surface area contributed by atoms with Gasteiger partial charge < -0.3 is 5.32 Å². The van der Waals surface area contributed by atoms with Crippen molar-refractivity contribution < 1.29 is 4.79 Å². The highest BCUT2D eigenvalue weighted by Crippen LogP contribution is 2.29. The molecule has 2 heterocycles. The zero-order chi connectivity index (χ0) is 16.9. The predicted octanol–water partition coefficient (Wildman–Crippen LogP) is 5.24. The van der Waals surface area contributed by atoms with Crippen molar-refractivity contribution in [2.75, 3.05) is 11.1 Å². The first kappa shape index (κ1) is 17.2. The summed E-state index contributed by atoms with van der Waals surface area (Å²) >= 11 is 14.5. The number of nitrogens with one attached hydrogen (secondary N) is 1. The van der Waals surface area contributed by atoms with Crippen LogP contribution in [0.15, 0.2) is 52.3 Å². The Morgan fingerprint density at radius 2 is 1.88 bits per heavy atom. The van der Waals surface area contributed by atoms with Crippen LogP contribution < -0.4 is 5.32 Å². The number of carbonyl (C=O) groups excluding carboxylic acids is 1. The number of nitrogens with zero attached hydrogens (tertiary/aromatic N) is 2. The third-order valence-electron chi connectivity index (χ3n) is 2.94. The van der Waals surface area contributed by atoms with E-state index >= 15 is 0 Å². The number of halogens is 2. The summed E-state index contributed by atoms with van der Waals surface area (Å²) in [5.74, 6) is 0.599. The summed E-state index contributed by atoms with van der Waals surface area (Å²) in [4.78, 5) is 20.5. The van der Waals surface area contributed by atoms with Crippen molar-refractivity contribution in [1.29, 1.82) is 0 Å². The SMILES string of the molecule is O=C(CSc1nc(-c2ccc(Cl)cc2)cs1)Nc1ccc(Cl)cn1. The second kappa shape index (κ2) is 7.98. The van der Waals surface area contributed by atoms with E-state index in [1.807, 2.05) is 29.6 Å². The Labute approximate surface area is 157 Å². The van der Waals surface area contributed by atoms with Crippen LogP contribution in [0.25, 0.3) is 11.3 Å². The highest BCUT2D eigenvalue weighted by Gasteiger charge is 2.09. The normalized spacial score (nSPS) is 10.6. The number of carbonyl (C=O) groups is 1. The average molecular weight is 396 g/mol. The van der Waals surface area contributed by atoms with Gasteiger partial charge in [0, 0.05) is 22.2 Å². The summed E-state index contributed by atoms with van der Waals surface area (Å²) in [6, 6.07) is 10.8. The summed E-state index contributed by atoms with van der Waals surface area (Å²) in [5, 5.41) is 5.90. The molecule has 3 aromatic rings. The standard InChI is InChI=1S/C16H11Cl2N3OS2/c17-11-3-1-10(2-4-11)13-8-23-16(20-13)24-9-15(22)21-14-6-5-12(18)7-19-14/h1-8H,9H2,(H,19,21,22). The minimum atomic E-state index is -0.141. The molecule has 4 nitrogen and oxygen atoms in total. The maximum absolute atomic E-state index is 11.9. The Hall–Kier alpha value is -1.60. The van der Waals surface area contributed by atoms with Crippen LogP contribution in [-0.4, -0.2) is 21.6 Å². The van der Waals surface area contributed by atoms with E-state index in [1.54, 1.807) is 12.1 Å². The second-order valence-electron chi connectivity index (χ2n) is 4.70.